The minimum atomic E-state index is -0.474. The van der Waals surface area contributed by atoms with Gasteiger partial charge in [0.25, 0.3) is 0 Å². The summed E-state index contributed by atoms with van der Waals surface area (Å²) in [6, 6.07) is 2.98. The molecule has 0 aliphatic carbocycles. The fraction of sp³-hybridized carbons (Fsp3) is 0. The molecule has 0 fully saturated rings. The van der Waals surface area contributed by atoms with Crippen LogP contribution in [0.1, 0.15) is 0 Å². The molecule has 0 bridgehead atoms. The standard InChI is InChI=1S/C8H4BrFN2S/c9-8-12-6(4-13-8)5-1-2-7(10)11-3-5/h1-4H. The normalized spacial score (nSPS) is 10.3. The Labute approximate surface area is 86.6 Å². The topological polar surface area (TPSA) is 25.8 Å². The highest BCUT2D eigenvalue weighted by Crippen LogP contribution is 2.24. The molecule has 0 N–H and O–H groups in total. The molecule has 0 saturated heterocycles. The van der Waals surface area contributed by atoms with Gasteiger partial charge in [-0.1, -0.05) is 0 Å². The Kier molecular flexibility index (Phi) is 2.37. The van der Waals surface area contributed by atoms with Crippen LogP contribution in [-0.2, 0) is 0 Å². The van der Waals surface area contributed by atoms with Crippen LogP contribution in [0.5, 0.6) is 0 Å². The maximum absolute atomic E-state index is 12.5. The highest BCUT2D eigenvalue weighted by Gasteiger charge is 2.02. The Bertz CT molecular complexity index is 412. The first kappa shape index (κ1) is 8.77. The van der Waals surface area contributed by atoms with Crippen molar-refractivity contribution in [3.8, 4) is 11.3 Å². The largest absolute Gasteiger partial charge is 0.229 e. The van der Waals surface area contributed by atoms with Crippen molar-refractivity contribution < 1.29 is 4.39 Å². The molecular weight excluding hydrogens is 255 g/mol. The summed E-state index contributed by atoms with van der Waals surface area (Å²) < 4.78 is 13.3. The Morgan fingerprint density at radius 2 is 2.23 bits per heavy atom. The summed E-state index contributed by atoms with van der Waals surface area (Å²) >= 11 is 4.74. The molecule has 2 heterocycles. The molecule has 13 heavy (non-hydrogen) atoms. The summed E-state index contributed by atoms with van der Waals surface area (Å²) in [5, 5.41) is 1.89. The molecule has 0 aliphatic rings. The summed E-state index contributed by atoms with van der Waals surface area (Å²) in [6.45, 7) is 0. The van der Waals surface area contributed by atoms with E-state index in [1.807, 2.05) is 5.38 Å². The minimum Gasteiger partial charge on any atom is -0.229 e. The highest BCUT2D eigenvalue weighted by molar-refractivity contribution is 9.11. The van der Waals surface area contributed by atoms with Gasteiger partial charge in [-0.05, 0) is 28.1 Å². The Balaban J connectivity index is 2.41. The van der Waals surface area contributed by atoms with Gasteiger partial charge in [0.1, 0.15) is 0 Å². The first-order valence-electron chi connectivity index (χ1n) is 3.48. The third-order valence-corrected chi connectivity index (χ3v) is 2.86. The van der Waals surface area contributed by atoms with Crippen LogP contribution in [0.4, 0.5) is 4.39 Å². The van der Waals surface area contributed by atoms with Crippen LogP contribution in [0.15, 0.2) is 27.6 Å². The number of hydrogen-bond donors (Lipinski definition) is 0. The monoisotopic (exact) mass is 258 g/mol. The highest BCUT2D eigenvalue weighted by atomic mass is 79.9. The average Bonchev–Trinajstić information content (AvgIpc) is 2.53. The van der Waals surface area contributed by atoms with Crippen LogP contribution in [0.25, 0.3) is 11.3 Å². The van der Waals surface area contributed by atoms with Crippen LogP contribution in [-0.4, -0.2) is 9.97 Å². The number of aromatic nitrogens is 2. The van der Waals surface area contributed by atoms with Gasteiger partial charge in [-0.3, -0.25) is 0 Å². The molecular formula is C8H4BrFN2S. The average molecular weight is 259 g/mol. The van der Waals surface area contributed by atoms with E-state index in [0.29, 0.717) is 0 Å². The van der Waals surface area contributed by atoms with Gasteiger partial charge < -0.3 is 0 Å². The van der Waals surface area contributed by atoms with E-state index in [9.17, 15) is 4.39 Å². The zero-order chi connectivity index (χ0) is 9.26. The van der Waals surface area contributed by atoms with E-state index >= 15 is 0 Å². The molecule has 0 aliphatic heterocycles. The summed E-state index contributed by atoms with van der Waals surface area (Å²) in [4.78, 5) is 7.73. The molecule has 0 spiro atoms. The van der Waals surface area contributed by atoms with Gasteiger partial charge in [0, 0.05) is 17.1 Å². The Hall–Kier alpha value is -0.810. The van der Waals surface area contributed by atoms with Gasteiger partial charge >= 0.3 is 0 Å². The van der Waals surface area contributed by atoms with Crippen LogP contribution in [0.3, 0.4) is 0 Å². The lowest BCUT2D eigenvalue weighted by atomic mass is 10.2. The first-order valence-corrected chi connectivity index (χ1v) is 5.16. The van der Waals surface area contributed by atoms with Crippen LogP contribution < -0.4 is 0 Å². The van der Waals surface area contributed by atoms with E-state index in [-0.39, 0.29) is 0 Å². The van der Waals surface area contributed by atoms with E-state index in [2.05, 4.69) is 25.9 Å². The van der Waals surface area contributed by atoms with Gasteiger partial charge in [0.2, 0.25) is 5.95 Å². The molecule has 0 unspecified atom stereocenters. The third-order valence-electron chi connectivity index (χ3n) is 1.50. The molecule has 2 aromatic heterocycles. The van der Waals surface area contributed by atoms with Crippen molar-refractivity contribution in [3.63, 3.8) is 0 Å². The second kappa shape index (κ2) is 3.51. The van der Waals surface area contributed by atoms with Gasteiger partial charge in [-0.15, -0.1) is 11.3 Å². The van der Waals surface area contributed by atoms with Gasteiger partial charge in [-0.25, -0.2) is 9.97 Å². The summed E-state index contributed by atoms with van der Waals surface area (Å²) in [7, 11) is 0. The second-order valence-corrected chi connectivity index (χ2v) is 4.49. The van der Waals surface area contributed by atoms with E-state index < -0.39 is 5.95 Å². The molecule has 0 aromatic carbocycles. The molecule has 0 amide bonds. The van der Waals surface area contributed by atoms with Gasteiger partial charge in [0.05, 0.1) is 5.69 Å². The van der Waals surface area contributed by atoms with E-state index in [4.69, 9.17) is 0 Å². The van der Waals surface area contributed by atoms with E-state index in [1.165, 1.54) is 23.6 Å². The fourth-order valence-electron chi connectivity index (χ4n) is 0.912. The third kappa shape index (κ3) is 1.92. The number of rotatable bonds is 1. The van der Waals surface area contributed by atoms with Crippen molar-refractivity contribution in [2.24, 2.45) is 0 Å². The minimum absolute atomic E-state index is 0.474. The van der Waals surface area contributed by atoms with Crippen molar-refractivity contribution in [2.75, 3.05) is 0 Å². The molecule has 0 radical (unpaired) electrons. The van der Waals surface area contributed by atoms with Gasteiger partial charge in [0.15, 0.2) is 3.92 Å². The predicted molar refractivity (Wildman–Crippen MR) is 53.0 cm³/mol. The zero-order valence-electron chi connectivity index (χ0n) is 6.37. The van der Waals surface area contributed by atoms with E-state index in [0.717, 1.165) is 15.2 Å². The van der Waals surface area contributed by atoms with Crippen LogP contribution in [0.2, 0.25) is 0 Å². The molecule has 66 valence electrons. The lowest BCUT2D eigenvalue weighted by molar-refractivity contribution is 0.584. The van der Waals surface area contributed by atoms with E-state index in [1.54, 1.807) is 6.07 Å². The van der Waals surface area contributed by atoms with Crippen LogP contribution >= 0.6 is 27.3 Å². The Morgan fingerprint density at radius 3 is 2.77 bits per heavy atom. The SMILES string of the molecule is Fc1ccc(-c2csc(Br)n2)cn1. The van der Waals surface area contributed by atoms with Crippen molar-refractivity contribution in [3.05, 3.63) is 33.6 Å². The number of thiazole rings is 1. The lowest BCUT2D eigenvalue weighted by Crippen LogP contribution is -1.83. The quantitative estimate of drug-likeness (QED) is 0.735. The number of halogens is 2. The summed E-state index contributed by atoms with van der Waals surface area (Å²) in [5.74, 6) is -0.474. The van der Waals surface area contributed by atoms with Crippen molar-refractivity contribution in [2.45, 2.75) is 0 Å². The summed E-state index contributed by atoms with van der Waals surface area (Å²) in [6.07, 6.45) is 1.47. The molecule has 2 aromatic rings. The lowest BCUT2D eigenvalue weighted by Gasteiger charge is -1.93. The molecule has 5 heteroatoms. The number of pyridine rings is 1. The molecule has 0 atom stereocenters. The zero-order valence-corrected chi connectivity index (χ0v) is 8.77. The number of nitrogens with zero attached hydrogens (tertiary/aromatic N) is 2. The van der Waals surface area contributed by atoms with Gasteiger partial charge in [-0.2, -0.15) is 4.39 Å². The Morgan fingerprint density at radius 1 is 1.38 bits per heavy atom. The molecule has 0 saturated carbocycles. The maximum atomic E-state index is 12.5. The smallest absolute Gasteiger partial charge is 0.212 e. The second-order valence-electron chi connectivity index (χ2n) is 2.36. The first-order chi connectivity index (χ1) is 6.25. The van der Waals surface area contributed by atoms with Crippen molar-refractivity contribution in [1.29, 1.82) is 0 Å². The summed E-state index contributed by atoms with van der Waals surface area (Å²) in [5.41, 5.74) is 1.63. The molecule has 2 nitrogen and oxygen atoms in total. The maximum Gasteiger partial charge on any atom is 0.212 e. The van der Waals surface area contributed by atoms with Crippen molar-refractivity contribution in [1.82, 2.24) is 9.97 Å². The van der Waals surface area contributed by atoms with Crippen molar-refractivity contribution >= 4 is 27.3 Å². The van der Waals surface area contributed by atoms with Crippen LogP contribution in [0, 0.1) is 5.95 Å². The number of hydrogen-bond acceptors (Lipinski definition) is 3. The fourth-order valence-corrected chi connectivity index (χ4v) is 1.93. The predicted octanol–water partition coefficient (Wildman–Crippen LogP) is 3.11. The molecule has 2 rings (SSSR count).